The number of halogens is 2. The highest BCUT2D eigenvalue weighted by Crippen LogP contribution is 2.33. The molecule has 1 aliphatic heterocycles. The fourth-order valence-electron chi connectivity index (χ4n) is 4.09. The van der Waals surface area contributed by atoms with Gasteiger partial charge in [0, 0.05) is 18.0 Å². The Kier molecular flexibility index (Phi) is 13.1. The minimum absolute atomic E-state index is 0.0449. The molecule has 0 saturated carbocycles. The third-order valence-electron chi connectivity index (χ3n) is 6.33. The summed E-state index contributed by atoms with van der Waals surface area (Å²) in [6.45, 7) is 2.86. The van der Waals surface area contributed by atoms with Crippen LogP contribution in [0.2, 0.25) is 5.02 Å². The van der Waals surface area contributed by atoms with Crippen LogP contribution in [0.25, 0.3) is 0 Å². The number of carbonyl (C=O) groups excluding carboxylic acids is 3. The predicted molar refractivity (Wildman–Crippen MR) is 181 cm³/mol. The van der Waals surface area contributed by atoms with Crippen molar-refractivity contribution in [2.45, 2.75) is 42.6 Å². The van der Waals surface area contributed by atoms with Crippen LogP contribution in [0.4, 0.5) is 20.8 Å². The molecule has 0 aliphatic carbocycles. The number of ether oxygens (including phenoxy) is 3. The molecule has 0 fully saturated rings. The number of carbonyl (C=O) groups is 3. The van der Waals surface area contributed by atoms with Crippen molar-refractivity contribution >= 4 is 85.7 Å². The van der Waals surface area contributed by atoms with Crippen molar-refractivity contribution < 1.29 is 41.4 Å². The summed E-state index contributed by atoms with van der Waals surface area (Å²) in [6, 6.07) is 2.67. The standard InChI is InChI=1S/C15H15ClFN3O3S2.C12H13N5O6S2/c1-23-13(21)8-24-12-7-11(10(17)6-9(12)16)18-14-19-4-2-3-5-20(19)15(22)25-14;1-6-13-10(16-12(14-6)23-3)15-11(19)17-25(20,21)7-4-5-24-8(7)9(18)22-2/h6-7H,2-5,8H2,1H3;4-5H,1-3H3,(H2,13,14,15,16,17,19)/b18-14-;. The van der Waals surface area contributed by atoms with Gasteiger partial charge >= 0.3 is 28.9 Å². The maximum atomic E-state index is 14.3. The van der Waals surface area contributed by atoms with Crippen molar-refractivity contribution in [2.24, 2.45) is 4.99 Å². The maximum absolute atomic E-state index is 14.3. The lowest BCUT2D eigenvalue weighted by Crippen LogP contribution is -2.35. The number of nitrogens with zero attached hydrogens (tertiary/aromatic N) is 6. The number of fused-ring (bicyclic) bond motifs is 1. The van der Waals surface area contributed by atoms with Crippen molar-refractivity contribution in [3.8, 4) is 6.01 Å². The largest absolute Gasteiger partial charge is 0.468 e. The SMILES string of the molecule is COC(=O)CSc1cc(/N=c2\sc(=O)n3n2CCCC3)c(F)cc1Cl.COC(=O)c1sccc1S(=O)(=O)NC(=O)Nc1nc(C)nc(OC)n1. The van der Waals surface area contributed by atoms with E-state index in [-0.39, 0.29) is 48.9 Å². The minimum atomic E-state index is -4.30. The zero-order chi connectivity index (χ0) is 36.6. The summed E-state index contributed by atoms with van der Waals surface area (Å²) in [5.74, 6) is -1.69. The number of anilines is 1. The second-order valence-corrected chi connectivity index (χ2v) is 14.6. The molecule has 0 bridgehead atoms. The number of nitrogens with one attached hydrogen (secondary N) is 2. The third kappa shape index (κ3) is 9.65. The van der Waals surface area contributed by atoms with Gasteiger partial charge in [0.15, 0.2) is 0 Å². The lowest BCUT2D eigenvalue weighted by Gasteiger charge is -2.15. The van der Waals surface area contributed by atoms with Crippen LogP contribution in [0.1, 0.15) is 28.3 Å². The molecule has 3 aromatic heterocycles. The van der Waals surface area contributed by atoms with Crippen LogP contribution in [0.5, 0.6) is 6.01 Å². The van der Waals surface area contributed by atoms with Gasteiger partial charge < -0.3 is 14.2 Å². The van der Waals surface area contributed by atoms with Gasteiger partial charge in [-0.25, -0.2) is 36.8 Å². The Balaban J connectivity index is 0.000000225. The average molecular weight is 791 g/mol. The highest BCUT2D eigenvalue weighted by Gasteiger charge is 2.27. The molecule has 1 aromatic carbocycles. The number of rotatable bonds is 9. The highest BCUT2D eigenvalue weighted by molar-refractivity contribution is 8.00. The van der Waals surface area contributed by atoms with Gasteiger partial charge in [0.2, 0.25) is 10.7 Å². The monoisotopic (exact) mass is 790 g/mol. The first-order valence-corrected chi connectivity index (χ1v) is 18.6. The summed E-state index contributed by atoms with van der Waals surface area (Å²) in [6.07, 6.45) is 1.90. The summed E-state index contributed by atoms with van der Waals surface area (Å²) in [7, 11) is -0.558. The van der Waals surface area contributed by atoms with E-state index in [4.69, 9.17) is 16.3 Å². The lowest BCUT2D eigenvalue weighted by atomic mass is 10.3. The van der Waals surface area contributed by atoms with E-state index < -0.39 is 33.8 Å². The normalized spacial score (nSPS) is 12.6. The smallest absolute Gasteiger partial charge is 0.349 e. The molecule has 0 unspecified atom stereocenters. The number of hydrogen-bond donors (Lipinski definition) is 2. The van der Waals surface area contributed by atoms with E-state index in [1.165, 1.54) is 38.7 Å². The third-order valence-corrected chi connectivity index (χ3v) is 11.1. The molecule has 2 N–H and O–H groups in total. The van der Waals surface area contributed by atoms with E-state index in [2.05, 4.69) is 34.7 Å². The summed E-state index contributed by atoms with van der Waals surface area (Å²) in [4.78, 5) is 62.9. The number of amides is 2. The van der Waals surface area contributed by atoms with E-state index in [0.29, 0.717) is 22.8 Å². The Hall–Kier alpha value is -4.38. The van der Waals surface area contributed by atoms with Crippen molar-refractivity contribution in [1.29, 1.82) is 0 Å². The number of sulfonamides is 1. The molecule has 23 heteroatoms. The molecule has 17 nitrogen and oxygen atoms in total. The quantitative estimate of drug-likeness (QED) is 0.184. The van der Waals surface area contributed by atoms with Crippen LogP contribution < -0.4 is 24.5 Å². The molecule has 0 saturated heterocycles. The number of hydrogen-bond acceptors (Lipinski definition) is 16. The van der Waals surface area contributed by atoms with E-state index in [0.717, 1.165) is 60.5 Å². The topological polar surface area (TPSA) is 215 Å². The van der Waals surface area contributed by atoms with Gasteiger partial charge in [-0.05, 0) is 54.7 Å². The van der Waals surface area contributed by atoms with E-state index in [1.807, 2.05) is 0 Å². The number of methoxy groups -OCH3 is 3. The summed E-state index contributed by atoms with van der Waals surface area (Å²) >= 11 is 9.04. The molecular weight excluding hydrogens is 763 g/mol. The van der Waals surface area contributed by atoms with Gasteiger partial charge in [-0.3, -0.25) is 19.6 Å². The van der Waals surface area contributed by atoms with Crippen molar-refractivity contribution in [3.05, 3.63) is 59.6 Å². The van der Waals surface area contributed by atoms with Gasteiger partial charge in [0.25, 0.3) is 10.0 Å². The Bertz CT molecular complexity index is 2150. The molecule has 0 atom stereocenters. The first-order valence-electron chi connectivity index (χ1n) is 14.1. The molecule has 2 amide bonds. The van der Waals surface area contributed by atoms with Crippen LogP contribution in [-0.2, 0) is 37.4 Å². The number of benzene rings is 1. The van der Waals surface area contributed by atoms with Gasteiger partial charge in [0.05, 0.1) is 32.1 Å². The second-order valence-electron chi connectivity index (χ2n) is 9.67. The molecule has 0 spiro atoms. The lowest BCUT2D eigenvalue weighted by molar-refractivity contribution is -0.137. The Labute approximate surface area is 300 Å². The molecule has 1 aliphatic rings. The molecule has 0 radical (unpaired) electrons. The first kappa shape index (κ1) is 38.4. The van der Waals surface area contributed by atoms with Crippen molar-refractivity contribution in [1.82, 2.24) is 29.0 Å². The number of esters is 2. The number of urea groups is 1. The Morgan fingerprint density at radius 3 is 2.50 bits per heavy atom. The van der Waals surface area contributed by atoms with Gasteiger partial charge in [-0.1, -0.05) is 11.6 Å². The fourth-order valence-corrected chi connectivity index (χ4v) is 8.32. The maximum Gasteiger partial charge on any atom is 0.349 e. The van der Waals surface area contributed by atoms with E-state index in [1.54, 1.807) is 14.1 Å². The number of thioether (sulfide) groups is 1. The average Bonchev–Trinajstić information content (AvgIpc) is 3.70. The van der Waals surface area contributed by atoms with Crippen molar-refractivity contribution in [2.75, 3.05) is 32.4 Å². The Morgan fingerprint density at radius 2 is 1.82 bits per heavy atom. The molecular formula is C27H28ClFN8O9S4. The van der Waals surface area contributed by atoms with Crippen LogP contribution in [0, 0.1) is 12.7 Å². The zero-order valence-electron chi connectivity index (χ0n) is 26.6. The number of thiophene rings is 1. The highest BCUT2D eigenvalue weighted by atomic mass is 35.5. The number of aryl methyl sites for hydroxylation is 1. The van der Waals surface area contributed by atoms with Crippen molar-refractivity contribution in [3.63, 3.8) is 0 Å². The van der Waals surface area contributed by atoms with Crippen LogP contribution in [-0.4, -0.2) is 77.8 Å². The Morgan fingerprint density at radius 1 is 1.10 bits per heavy atom. The predicted octanol–water partition coefficient (Wildman–Crippen LogP) is 3.34. The molecule has 4 heterocycles. The minimum Gasteiger partial charge on any atom is -0.468 e. The van der Waals surface area contributed by atoms with Crippen LogP contribution >= 0.6 is 46.0 Å². The van der Waals surface area contributed by atoms with E-state index >= 15 is 0 Å². The molecule has 50 heavy (non-hydrogen) atoms. The van der Waals surface area contributed by atoms with Gasteiger partial charge in [-0.2, -0.15) is 15.0 Å². The van der Waals surface area contributed by atoms with Crippen LogP contribution in [0.3, 0.4) is 0 Å². The van der Waals surface area contributed by atoms with Gasteiger partial charge in [-0.15, -0.1) is 23.1 Å². The van der Waals surface area contributed by atoms with E-state index in [9.17, 15) is 32.0 Å². The second kappa shape index (κ2) is 17.0. The summed E-state index contributed by atoms with van der Waals surface area (Å²) in [5, 5.41) is 3.74. The molecule has 4 aromatic rings. The first-order chi connectivity index (χ1) is 23.8. The molecule has 5 rings (SSSR count). The zero-order valence-corrected chi connectivity index (χ0v) is 30.6. The fraction of sp³-hybridized carbons (Fsp3) is 0.333. The number of aromatic nitrogens is 5. The summed E-state index contributed by atoms with van der Waals surface area (Å²) < 4.78 is 57.9. The summed E-state index contributed by atoms with van der Waals surface area (Å²) in [5.41, 5.74) is 0.0829. The molecule has 268 valence electrons. The van der Waals surface area contributed by atoms with Gasteiger partial charge in [0.1, 0.15) is 27.1 Å². The van der Waals surface area contributed by atoms with Crippen LogP contribution in [0.15, 0.2) is 43.2 Å².